The first-order valence-electron chi connectivity index (χ1n) is 7.30. The molecule has 1 saturated heterocycles. The van der Waals surface area contributed by atoms with E-state index in [9.17, 15) is 9.90 Å². The fourth-order valence-corrected chi connectivity index (χ4v) is 2.73. The SMILES string of the molecule is O=C(COc1cccc2ccccc12)N1CCCC(O)C1. The number of aliphatic hydroxyl groups is 1. The molecule has 4 nitrogen and oxygen atoms in total. The smallest absolute Gasteiger partial charge is 0.260 e. The van der Waals surface area contributed by atoms with Crippen molar-refractivity contribution in [1.82, 2.24) is 4.90 Å². The number of aliphatic hydroxyl groups excluding tert-OH is 1. The summed E-state index contributed by atoms with van der Waals surface area (Å²) in [6.45, 7) is 1.13. The maximum atomic E-state index is 12.1. The van der Waals surface area contributed by atoms with Crippen LogP contribution in [-0.2, 0) is 4.79 Å². The fourth-order valence-electron chi connectivity index (χ4n) is 2.73. The van der Waals surface area contributed by atoms with E-state index in [1.165, 1.54) is 0 Å². The molecule has 1 amide bonds. The highest BCUT2D eigenvalue weighted by atomic mass is 16.5. The van der Waals surface area contributed by atoms with Gasteiger partial charge in [0.1, 0.15) is 5.75 Å². The lowest BCUT2D eigenvalue weighted by Crippen LogP contribution is -2.44. The van der Waals surface area contributed by atoms with Crippen molar-refractivity contribution in [2.75, 3.05) is 19.7 Å². The average molecular weight is 285 g/mol. The van der Waals surface area contributed by atoms with Crippen molar-refractivity contribution in [3.63, 3.8) is 0 Å². The van der Waals surface area contributed by atoms with Crippen molar-refractivity contribution in [2.24, 2.45) is 0 Å². The number of benzene rings is 2. The molecule has 0 saturated carbocycles. The number of rotatable bonds is 3. The van der Waals surface area contributed by atoms with Gasteiger partial charge in [-0.2, -0.15) is 0 Å². The van der Waals surface area contributed by atoms with E-state index in [1.54, 1.807) is 4.90 Å². The lowest BCUT2D eigenvalue weighted by Gasteiger charge is -2.30. The first kappa shape index (κ1) is 13.9. The van der Waals surface area contributed by atoms with Crippen molar-refractivity contribution in [3.05, 3.63) is 42.5 Å². The molecule has 3 rings (SSSR count). The van der Waals surface area contributed by atoms with Gasteiger partial charge in [-0.25, -0.2) is 0 Å². The summed E-state index contributed by atoms with van der Waals surface area (Å²) in [6, 6.07) is 13.8. The van der Waals surface area contributed by atoms with Gasteiger partial charge in [0.05, 0.1) is 6.10 Å². The van der Waals surface area contributed by atoms with E-state index in [2.05, 4.69) is 0 Å². The van der Waals surface area contributed by atoms with E-state index in [-0.39, 0.29) is 12.5 Å². The fraction of sp³-hybridized carbons (Fsp3) is 0.353. The first-order chi connectivity index (χ1) is 10.2. The summed E-state index contributed by atoms with van der Waals surface area (Å²) in [5.41, 5.74) is 0. The first-order valence-corrected chi connectivity index (χ1v) is 7.30. The molecular weight excluding hydrogens is 266 g/mol. The predicted octanol–water partition coefficient (Wildman–Crippen LogP) is 2.20. The molecule has 2 aromatic rings. The molecule has 0 spiro atoms. The summed E-state index contributed by atoms with van der Waals surface area (Å²) >= 11 is 0. The predicted molar refractivity (Wildman–Crippen MR) is 81.3 cm³/mol. The number of nitrogens with zero attached hydrogens (tertiary/aromatic N) is 1. The van der Waals surface area contributed by atoms with Crippen LogP contribution < -0.4 is 4.74 Å². The van der Waals surface area contributed by atoms with Crippen molar-refractivity contribution >= 4 is 16.7 Å². The summed E-state index contributed by atoms with van der Waals surface area (Å²) < 4.78 is 5.70. The largest absolute Gasteiger partial charge is 0.483 e. The maximum Gasteiger partial charge on any atom is 0.260 e. The van der Waals surface area contributed by atoms with Crippen molar-refractivity contribution in [3.8, 4) is 5.75 Å². The minimum absolute atomic E-state index is 0.0146. The Morgan fingerprint density at radius 2 is 2.05 bits per heavy atom. The van der Waals surface area contributed by atoms with Gasteiger partial charge >= 0.3 is 0 Å². The molecule has 4 heteroatoms. The van der Waals surface area contributed by atoms with Gasteiger partial charge in [-0.3, -0.25) is 4.79 Å². The summed E-state index contributed by atoms with van der Waals surface area (Å²) in [5.74, 6) is 0.653. The molecule has 2 aromatic carbocycles. The van der Waals surface area contributed by atoms with Gasteiger partial charge in [-0.1, -0.05) is 36.4 Å². The second kappa shape index (κ2) is 6.14. The normalized spacial score (nSPS) is 18.7. The number of hydrogen-bond acceptors (Lipinski definition) is 3. The Hall–Kier alpha value is -2.07. The molecule has 1 unspecified atom stereocenters. The van der Waals surface area contributed by atoms with Gasteiger partial charge in [0, 0.05) is 18.5 Å². The third-order valence-electron chi connectivity index (χ3n) is 3.85. The third-order valence-corrected chi connectivity index (χ3v) is 3.85. The number of likely N-dealkylation sites (tertiary alicyclic amines) is 1. The van der Waals surface area contributed by atoms with E-state index in [1.807, 2.05) is 42.5 Å². The van der Waals surface area contributed by atoms with Gasteiger partial charge < -0.3 is 14.7 Å². The molecule has 0 aliphatic carbocycles. The van der Waals surface area contributed by atoms with Crippen molar-refractivity contribution in [2.45, 2.75) is 18.9 Å². The van der Waals surface area contributed by atoms with E-state index in [4.69, 9.17) is 4.74 Å². The standard InChI is InChI=1S/C17H19NO3/c19-14-7-4-10-18(11-14)17(20)12-21-16-9-3-6-13-5-1-2-8-15(13)16/h1-3,5-6,8-9,14,19H,4,7,10-12H2. The molecule has 1 heterocycles. The van der Waals surface area contributed by atoms with Crippen molar-refractivity contribution < 1.29 is 14.6 Å². The number of piperidine rings is 1. The van der Waals surface area contributed by atoms with Crippen LogP contribution in [0.5, 0.6) is 5.75 Å². The van der Waals surface area contributed by atoms with Crippen LogP contribution in [0.4, 0.5) is 0 Å². The Labute approximate surface area is 123 Å². The second-order valence-corrected chi connectivity index (χ2v) is 5.40. The molecule has 1 atom stereocenters. The molecule has 110 valence electrons. The number of hydrogen-bond donors (Lipinski definition) is 1. The monoisotopic (exact) mass is 285 g/mol. The quantitative estimate of drug-likeness (QED) is 0.940. The van der Waals surface area contributed by atoms with Crippen LogP contribution in [0.1, 0.15) is 12.8 Å². The van der Waals surface area contributed by atoms with Crippen LogP contribution in [0.25, 0.3) is 10.8 Å². The summed E-state index contributed by atoms with van der Waals surface area (Å²) in [6.07, 6.45) is 1.22. The van der Waals surface area contributed by atoms with Crippen LogP contribution in [0.2, 0.25) is 0 Å². The van der Waals surface area contributed by atoms with Gasteiger partial charge in [-0.15, -0.1) is 0 Å². The van der Waals surface area contributed by atoms with Gasteiger partial charge in [0.2, 0.25) is 0 Å². The zero-order chi connectivity index (χ0) is 14.7. The Kier molecular flexibility index (Phi) is 4.06. The second-order valence-electron chi connectivity index (χ2n) is 5.40. The zero-order valence-electron chi connectivity index (χ0n) is 11.9. The summed E-state index contributed by atoms with van der Waals surface area (Å²) in [4.78, 5) is 13.8. The Balaban J connectivity index is 1.67. The highest BCUT2D eigenvalue weighted by molar-refractivity contribution is 5.88. The van der Waals surface area contributed by atoms with Crippen LogP contribution in [0.15, 0.2) is 42.5 Å². The Bertz CT molecular complexity index is 635. The van der Waals surface area contributed by atoms with Gasteiger partial charge in [-0.05, 0) is 24.3 Å². The molecule has 21 heavy (non-hydrogen) atoms. The highest BCUT2D eigenvalue weighted by Crippen LogP contribution is 2.25. The molecule has 0 aromatic heterocycles. The lowest BCUT2D eigenvalue weighted by atomic mass is 10.1. The molecule has 1 fully saturated rings. The van der Waals surface area contributed by atoms with E-state index in [0.29, 0.717) is 13.1 Å². The summed E-state index contributed by atoms with van der Waals surface area (Å²) in [7, 11) is 0. The van der Waals surface area contributed by atoms with Crippen LogP contribution in [0, 0.1) is 0 Å². The number of carbonyl (C=O) groups is 1. The van der Waals surface area contributed by atoms with Crippen LogP contribution in [0.3, 0.4) is 0 Å². The maximum absolute atomic E-state index is 12.1. The number of β-amino-alcohol motifs (C(OH)–C–C–N with tert-alkyl or cyclic N) is 1. The molecule has 1 aliphatic heterocycles. The average Bonchev–Trinajstić information content (AvgIpc) is 2.52. The minimum Gasteiger partial charge on any atom is -0.483 e. The Morgan fingerprint density at radius 3 is 2.90 bits per heavy atom. The van der Waals surface area contributed by atoms with Crippen LogP contribution >= 0.6 is 0 Å². The van der Waals surface area contributed by atoms with Gasteiger partial charge in [0.25, 0.3) is 5.91 Å². The molecule has 0 bridgehead atoms. The molecule has 0 radical (unpaired) electrons. The van der Waals surface area contributed by atoms with E-state index >= 15 is 0 Å². The van der Waals surface area contributed by atoms with E-state index < -0.39 is 6.10 Å². The van der Waals surface area contributed by atoms with Crippen molar-refractivity contribution in [1.29, 1.82) is 0 Å². The summed E-state index contributed by atoms with van der Waals surface area (Å²) in [5, 5.41) is 11.7. The van der Waals surface area contributed by atoms with Gasteiger partial charge in [0.15, 0.2) is 6.61 Å². The molecule has 1 aliphatic rings. The third kappa shape index (κ3) is 3.16. The van der Waals surface area contributed by atoms with E-state index in [0.717, 1.165) is 29.4 Å². The lowest BCUT2D eigenvalue weighted by molar-refractivity contribution is -0.136. The zero-order valence-corrected chi connectivity index (χ0v) is 11.9. The minimum atomic E-state index is -0.403. The highest BCUT2D eigenvalue weighted by Gasteiger charge is 2.22. The Morgan fingerprint density at radius 1 is 1.24 bits per heavy atom. The topological polar surface area (TPSA) is 49.8 Å². The molecular formula is C17H19NO3. The number of amides is 1. The number of carbonyl (C=O) groups excluding carboxylic acids is 1. The number of ether oxygens (including phenoxy) is 1. The number of fused-ring (bicyclic) bond motifs is 1. The molecule has 1 N–H and O–H groups in total. The van der Waals surface area contributed by atoms with Crippen LogP contribution in [-0.4, -0.2) is 41.7 Å².